The Morgan fingerprint density at radius 3 is 2.21 bits per heavy atom. The molecule has 1 saturated heterocycles. The van der Waals surface area contributed by atoms with Crippen LogP contribution in [-0.2, 0) is 10.0 Å². The molecule has 1 fully saturated rings. The molecule has 1 heterocycles. The van der Waals surface area contributed by atoms with Crippen LogP contribution in [0.3, 0.4) is 0 Å². The molecule has 0 saturated carbocycles. The quantitative estimate of drug-likeness (QED) is 0.553. The molecule has 0 aliphatic carbocycles. The van der Waals surface area contributed by atoms with Gasteiger partial charge in [-0.1, -0.05) is 0 Å². The van der Waals surface area contributed by atoms with E-state index in [9.17, 15) is 13.2 Å². The number of carbonyl (C=O) groups is 1. The van der Waals surface area contributed by atoms with Gasteiger partial charge in [0.25, 0.3) is 5.91 Å². The second kappa shape index (κ2) is 13.3. The van der Waals surface area contributed by atoms with E-state index in [1.807, 2.05) is 13.8 Å². The van der Waals surface area contributed by atoms with Crippen LogP contribution < -0.4 is 10.0 Å². The van der Waals surface area contributed by atoms with Crippen molar-refractivity contribution in [2.24, 2.45) is 0 Å². The number of hydrogen-bond acceptors (Lipinski definition) is 5. The van der Waals surface area contributed by atoms with Crippen molar-refractivity contribution in [1.82, 2.24) is 19.8 Å². The zero-order chi connectivity index (χ0) is 19.0. The summed E-state index contributed by atoms with van der Waals surface area (Å²) in [4.78, 5) is 16.5. The number of carbonyl (C=O) groups excluding carboxylic acids is 1. The zero-order valence-corrected chi connectivity index (χ0v) is 19.0. The topological polar surface area (TPSA) is 81.8 Å². The number of nitrogens with one attached hydrogen (secondary N) is 2. The van der Waals surface area contributed by atoms with E-state index in [0.29, 0.717) is 25.2 Å². The molecule has 2 rings (SSSR count). The lowest BCUT2D eigenvalue weighted by Gasteiger charge is -2.27. The summed E-state index contributed by atoms with van der Waals surface area (Å²) in [7, 11) is -3.54. The third kappa shape index (κ3) is 7.85. The van der Waals surface area contributed by atoms with Crippen LogP contribution in [0.1, 0.15) is 30.6 Å². The summed E-state index contributed by atoms with van der Waals surface area (Å²) in [6, 6.07) is 6.15. The average molecular weight is 455 g/mol. The van der Waals surface area contributed by atoms with Gasteiger partial charge < -0.3 is 15.1 Å². The van der Waals surface area contributed by atoms with E-state index in [1.165, 1.54) is 12.1 Å². The third-order valence-corrected chi connectivity index (χ3v) is 6.09. The summed E-state index contributed by atoms with van der Waals surface area (Å²) in [6.45, 7) is 10.4. The van der Waals surface area contributed by atoms with Crippen LogP contribution in [0.5, 0.6) is 0 Å². The van der Waals surface area contributed by atoms with Gasteiger partial charge >= 0.3 is 0 Å². The molecule has 0 radical (unpaired) electrons. The average Bonchev–Trinajstić information content (AvgIpc) is 2.67. The SMILES string of the molecule is CCN(CC)C(=O)c1ccc(S(=O)(=O)NCCCN2CCNCC2)cc1.Cl.Cl. The van der Waals surface area contributed by atoms with E-state index in [-0.39, 0.29) is 35.6 Å². The first-order chi connectivity index (χ1) is 12.5. The highest BCUT2D eigenvalue weighted by molar-refractivity contribution is 7.89. The van der Waals surface area contributed by atoms with Crippen LogP contribution in [0.15, 0.2) is 29.2 Å². The molecule has 1 aromatic carbocycles. The Morgan fingerprint density at radius 2 is 1.68 bits per heavy atom. The summed E-state index contributed by atoms with van der Waals surface area (Å²) in [6.07, 6.45) is 0.776. The minimum Gasteiger partial charge on any atom is -0.339 e. The largest absolute Gasteiger partial charge is 0.339 e. The highest BCUT2D eigenvalue weighted by Crippen LogP contribution is 2.12. The fourth-order valence-corrected chi connectivity index (χ4v) is 4.07. The highest BCUT2D eigenvalue weighted by atomic mass is 35.5. The number of hydrogen-bond donors (Lipinski definition) is 2. The molecule has 162 valence electrons. The molecule has 7 nitrogen and oxygen atoms in total. The zero-order valence-electron chi connectivity index (χ0n) is 16.5. The summed E-state index contributed by atoms with van der Waals surface area (Å²) in [5, 5.41) is 3.30. The van der Waals surface area contributed by atoms with Crippen LogP contribution >= 0.6 is 24.8 Å². The monoisotopic (exact) mass is 454 g/mol. The number of sulfonamides is 1. The maximum absolute atomic E-state index is 12.4. The van der Waals surface area contributed by atoms with Crippen molar-refractivity contribution in [3.63, 3.8) is 0 Å². The van der Waals surface area contributed by atoms with Crippen molar-refractivity contribution in [3.05, 3.63) is 29.8 Å². The Kier molecular flexibility index (Phi) is 12.9. The Balaban J connectivity index is 0.00000364. The molecular weight excluding hydrogens is 423 g/mol. The fraction of sp³-hybridized carbons (Fsp3) is 0.611. The molecule has 0 aromatic heterocycles. The minimum absolute atomic E-state index is 0. The number of piperazine rings is 1. The van der Waals surface area contributed by atoms with Crippen molar-refractivity contribution < 1.29 is 13.2 Å². The Bertz CT molecular complexity index is 677. The summed E-state index contributed by atoms with van der Waals surface area (Å²) >= 11 is 0. The lowest BCUT2D eigenvalue weighted by Crippen LogP contribution is -2.44. The van der Waals surface area contributed by atoms with Crippen molar-refractivity contribution in [3.8, 4) is 0 Å². The summed E-state index contributed by atoms with van der Waals surface area (Å²) in [5.74, 6) is -0.0806. The van der Waals surface area contributed by atoms with Gasteiger partial charge in [0.05, 0.1) is 4.90 Å². The molecule has 1 aromatic rings. The van der Waals surface area contributed by atoms with Crippen molar-refractivity contribution in [2.75, 3.05) is 52.4 Å². The number of rotatable bonds is 9. The normalized spacial score (nSPS) is 14.6. The van der Waals surface area contributed by atoms with E-state index < -0.39 is 10.0 Å². The van der Waals surface area contributed by atoms with Gasteiger partial charge in [0, 0.05) is 51.4 Å². The molecule has 2 N–H and O–H groups in total. The van der Waals surface area contributed by atoms with E-state index in [1.54, 1.807) is 17.0 Å². The first-order valence-corrected chi connectivity index (χ1v) is 10.8. The van der Waals surface area contributed by atoms with Gasteiger partial charge in [0.1, 0.15) is 0 Å². The summed E-state index contributed by atoms with van der Waals surface area (Å²) < 4.78 is 27.4. The van der Waals surface area contributed by atoms with Crippen LogP contribution in [0, 0.1) is 0 Å². The molecule has 0 atom stereocenters. The molecular formula is C18H32Cl2N4O3S. The van der Waals surface area contributed by atoms with Crippen molar-refractivity contribution in [2.45, 2.75) is 25.2 Å². The lowest BCUT2D eigenvalue weighted by molar-refractivity contribution is 0.0773. The molecule has 1 aliphatic heterocycles. The fourth-order valence-electron chi connectivity index (χ4n) is 3.00. The Morgan fingerprint density at radius 1 is 1.11 bits per heavy atom. The number of halogens is 2. The van der Waals surface area contributed by atoms with Gasteiger partial charge in [0.2, 0.25) is 10.0 Å². The predicted octanol–water partition coefficient (Wildman–Crippen LogP) is 1.59. The van der Waals surface area contributed by atoms with Gasteiger partial charge in [-0.2, -0.15) is 0 Å². The Hall–Kier alpha value is -0.900. The first kappa shape index (κ1) is 27.1. The number of nitrogens with zero attached hydrogens (tertiary/aromatic N) is 2. The van der Waals surface area contributed by atoms with Gasteiger partial charge in [-0.15, -0.1) is 24.8 Å². The standard InChI is InChI=1S/C18H30N4O3S.2ClH/c1-3-22(4-2)18(23)16-6-8-17(9-7-16)26(24,25)20-10-5-13-21-14-11-19-12-15-21;;/h6-9,19-20H,3-5,10-15H2,1-2H3;2*1H. The molecule has 0 spiro atoms. The molecule has 1 amide bonds. The van der Waals surface area contributed by atoms with Crippen LogP contribution in [0.25, 0.3) is 0 Å². The second-order valence-electron chi connectivity index (χ2n) is 6.34. The van der Waals surface area contributed by atoms with E-state index in [0.717, 1.165) is 39.1 Å². The summed E-state index contributed by atoms with van der Waals surface area (Å²) in [5.41, 5.74) is 0.506. The molecule has 10 heteroatoms. The molecule has 28 heavy (non-hydrogen) atoms. The van der Waals surface area contributed by atoms with Gasteiger partial charge in [-0.05, 0) is 51.1 Å². The van der Waals surface area contributed by atoms with Gasteiger partial charge in [-0.25, -0.2) is 13.1 Å². The number of amides is 1. The molecule has 0 unspecified atom stereocenters. The van der Waals surface area contributed by atoms with Crippen LogP contribution in [-0.4, -0.2) is 76.5 Å². The molecule has 0 bridgehead atoms. The van der Waals surface area contributed by atoms with Crippen LogP contribution in [0.4, 0.5) is 0 Å². The maximum atomic E-state index is 12.4. The maximum Gasteiger partial charge on any atom is 0.253 e. The Labute approximate surface area is 181 Å². The second-order valence-corrected chi connectivity index (χ2v) is 8.11. The van der Waals surface area contributed by atoms with Crippen molar-refractivity contribution in [1.29, 1.82) is 0 Å². The van der Waals surface area contributed by atoms with Gasteiger partial charge in [-0.3, -0.25) is 4.79 Å². The van der Waals surface area contributed by atoms with Crippen LogP contribution in [0.2, 0.25) is 0 Å². The van der Waals surface area contributed by atoms with Crippen molar-refractivity contribution >= 4 is 40.7 Å². The lowest BCUT2D eigenvalue weighted by atomic mass is 10.2. The van der Waals surface area contributed by atoms with E-state index in [4.69, 9.17) is 0 Å². The number of benzene rings is 1. The van der Waals surface area contributed by atoms with E-state index in [2.05, 4.69) is 14.9 Å². The predicted molar refractivity (Wildman–Crippen MR) is 117 cm³/mol. The first-order valence-electron chi connectivity index (χ1n) is 9.30. The van der Waals surface area contributed by atoms with E-state index >= 15 is 0 Å². The molecule has 1 aliphatic rings. The smallest absolute Gasteiger partial charge is 0.253 e. The van der Waals surface area contributed by atoms with Gasteiger partial charge in [0.15, 0.2) is 0 Å². The minimum atomic E-state index is -3.54. The third-order valence-electron chi connectivity index (χ3n) is 4.62. The highest BCUT2D eigenvalue weighted by Gasteiger charge is 2.17.